The molecule has 0 aliphatic carbocycles. The second-order valence-electron chi connectivity index (χ2n) is 2.54. The van der Waals surface area contributed by atoms with E-state index in [9.17, 15) is 5.11 Å². The van der Waals surface area contributed by atoms with Crippen molar-refractivity contribution in [2.24, 2.45) is 0 Å². The summed E-state index contributed by atoms with van der Waals surface area (Å²) in [6.07, 6.45) is 0.611. The first-order valence-electron chi connectivity index (χ1n) is 3.67. The van der Waals surface area contributed by atoms with Crippen LogP contribution in [-0.4, -0.2) is 5.11 Å². The SMILES string of the molecule is CCC(O)(S)c1ccccc1. The first-order valence-corrected chi connectivity index (χ1v) is 4.12. The van der Waals surface area contributed by atoms with Gasteiger partial charge < -0.3 is 5.11 Å². The van der Waals surface area contributed by atoms with E-state index < -0.39 is 4.93 Å². The molecule has 1 atom stereocenters. The average molecular weight is 168 g/mol. The fourth-order valence-electron chi connectivity index (χ4n) is 0.909. The van der Waals surface area contributed by atoms with Crippen molar-refractivity contribution in [3.8, 4) is 0 Å². The molecule has 0 aromatic heterocycles. The molecule has 0 fully saturated rings. The van der Waals surface area contributed by atoms with Crippen molar-refractivity contribution in [1.29, 1.82) is 0 Å². The maximum absolute atomic E-state index is 9.66. The molecule has 1 aromatic rings. The molecule has 0 radical (unpaired) electrons. The summed E-state index contributed by atoms with van der Waals surface area (Å²) in [5.41, 5.74) is 0.853. The molecule has 0 saturated carbocycles. The Morgan fingerprint density at radius 3 is 2.36 bits per heavy atom. The van der Waals surface area contributed by atoms with E-state index in [1.54, 1.807) is 0 Å². The van der Waals surface area contributed by atoms with E-state index >= 15 is 0 Å². The fraction of sp³-hybridized carbons (Fsp3) is 0.333. The van der Waals surface area contributed by atoms with Gasteiger partial charge in [-0.2, -0.15) is 0 Å². The Balaban J connectivity index is 2.93. The molecule has 1 aromatic carbocycles. The Bertz CT molecular complexity index is 218. The highest BCUT2D eigenvalue weighted by molar-refractivity contribution is 7.81. The van der Waals surface area contributed by atoms with Crippen LogP contribution in [0.5, 0.6) is 0 Å². The lowest BCUT2D eigenvalue weighted by Gasteiger charge is -2.20. The van der Waals surface area contributed by atoms with E-state index in [0.717, 1.165) is 5.56 Å². The molecular weight excluding hydrogens is 156 g/mol. The summed E-state index contributed by atoms with van der Waals surface area (Å²) >= 11 is 4.13. The van der Waals surface area contributed by atoms with Crippen LogP contribution in [-0.2, 0) is 4.93 Å². The molecule has 0 saturated heterocycles. The van der Waals surface area contributed by atoms with Gasteiger partial charge in [-0.05, 0) is 12.0 Å². The van der Waals surface area contributed by atoms with Crippen LogP contribution in [0.3, 0.4) is 0 Å². The molecule has 1 N–H and O–H groups in total. The third kappa shape index (κ3) is 1.98. The lowest BCUT2D eigenvalue weighted by atomic mass is 10.1. The lowest BCUT2D eigenvalue weighted by molar-refractivity contribution is 0.136. The first-order chi connectivity index (χ1) is 5.17. The van der Waals surface area contributed by atoms with Crippen molar-refractivity contribution in [2.75, 3.05) is 0 Å². The largest absolute Gasteiger partial charge is 0.376 e. The molecule has 1 unspecified atom stereocenters. The van der Waals surface area contributed by atoms with E-state index in [4.69, 9.17) is 0 Å². The Hall–Kier alpha value is -0.470. The number of rotatable bonds is 2. The molecule has 11 heavy (non-hydrogen) atoms. The normalized spacial score (nSPS) is 15.9. The molecule has 0 bridgehead atoms. The number of hydrogen-bond acceptors (Lipinski definition) is 2. The van der Waals surface area contributed by atoms with Crippen molar-refractivity contribution in [1.82, 2.24) is 0 Å². The minimum atomic E-state index is -0.971. The first kappa shape index (κ1) is 8.62. The number of aliphatic hydroxyl groups is 1. The second-order valence-corrected chi connectivity index (χ2v) is 3.28. The van der Waals surface area contributed by atoms with Gasteiger partial charge >= 0.3 is 0 Å². The van der Waals surface area contributed by atoms with Crippen LogP contribution in [0, 0.1) is 0 Å². The Kier molecular flexibility index (Phi) is 2.58. The van der Waals surface area contributed by atoms with Gasteiger partial charge in [0, 0.05) is 0 Å². The maximum Gasteiger partial charge on any atom is 0.133 e. The maximum atomic E-state index is 9.66. The highest BCUT2D eigenvalue weighted by atomic mass is 32.1. The summed E-state index contributed by atoms with van der Waals surface area (Å²) in [7, 11) is 0. The van der Waals surface area contributed by atoms with Crippen LogP contribution >= 0.6 is 12.6 Å². The molecule has 1 rings (SSSR count). The molecule has 0 aliphatic heterocycles. The zero-order chi connectivity index (χ0) is 8.32. The highest BCUT2D eigenvalue weighted by Gasteiger charge is 2.20. The predicted octanol–water partition coefficient (Wildman–Crippen LogP) is 2.17. The molecule has 0 heterocycles. The number of thiol groups is 1. The van der Waals surface area contributed by atoms with Gasteiger partial charge in [0.05, 0.1) is 0 Å². The van der Waals surface area contributed by atoms with Gasteiger partial charge in [-0.15, -0.1) is 12.6 Å². The van der Waals surface area contributed by atoms with Crippen LogP contribution in [0.25, 0.3) is 0 Å². The van der Waals surface area contributed by atoms with E-state index in [1.807, 2.05) is 37.3 Å². The fourth-order valence-corrected chi connectivity index (χ4v) is 1.06. The standard InChI is InChI=1S/C9H12OS/c1-2-9(10,11)8-6-4-3-5-7-8/h3-7,10-11H,2H2,1H3. The smallest absolute Gasteiger partial charge is 0.133 e. The monoisotopic (exact) mass is 168 g/mol. The van der Waals surface area contributed by atoms with Crippen LogP contribution in [0.4, 0.5) is 0 Å². The van der Waals surface area contributed by atoms with Crippen LogP contribution < -0.4 is 0 Å². The molecule has 1 nitrogen and oxygen atoms in total. The zero-order valence-corrected chi connectivity index (χ0v) is 7.38. The van der Waals surface area contributed by atoms with Gasteiger partial charge in [0.25, 0.3) is 0 Å². The summed E-state index contributed by atoms with van der Waals surface area (Å²) < 4.78 is 0. The van der Waals surface area contributed by atoms with Crippen LogP contribution in [0.2, 0.25) is 0 Å². The Morgan fingerprint density at radius 2 is 1.91 bits per heavy atom. The van der Waals surface area contributed by atoms with Gasteiger partial charge in [0.1, 0.15) is 4.93 Å². The average Bonchev–Trinajstić information content (AvgIpc) is 2.06. The van der Waals surface area contributed by atoms with E-state index in [0.29, 0.717) is 6.42 Å². The number of hydrogen-bond donors (Lipinski definition) is 2. The van der Waals surface area contributed by atoms with Crippen LogP contribution in [0.1, 0.15) is 18.9 Å². The van der Waals surface area contributed by atoms with Gasteiger partial charge in [-0.3, -0.25) is 0 Å². The Labute approximate surface area is 72.5 Å². The van der Waals surface area contributed by atoms with Gasteiger partial charge in [-0.25, -0.2) is 0 Å². The van der Waals surface area contributed by atoms with Crippen molar-refractivity contribution < 1.29 is 5.11 Å². The summed E-state index contributed by atoms with van der Waals surface area (Å²) in [4.78, 5) is -0.971. The van der Waals surface area contributed by atoms with Gasteiger partial charge in [-0.1, -0.05) is 37.3 Å². The van der Waals surface area contributed by atoms with E-state index in [-0.39, 0.29) is 0 Å². The molecule has 2 heteroatoms. The minimum Gasteiger partial charge on any atom is -0.376 e. The molecular formula is C9H12OS. The highest BCUT2D eigenvalue weighted by Crippen LogP contribution is 2.27. The topological polar surface area (TPSA) is 20.2 Å². The Morgan fingerprint density at radius 1 is 1.36 bits per heavy atom. The second kappa shape index (κ2) is 3.28. The van der Waals surface area contributed by atoms with Crippen LogP contribution in [0.15, 0.2) is 30.3 Å². The quantitative estimate of drug-likeness (QED) is 0.512. The van der Waals surface area contributed by atoms with Crippen molar-refractivity contribution >= 4 is 12.6 Å². The third-order valence-electron chi connectivity index (χ3n) is 1.73. The summed E-state index contributed by atoms with van der Waals surface area (Å²) in [5.74, 6) is 0. The van der Waals surface area contributed by atoms with Gasteiger partial charge in [0.2, 0.25) is 0 Å². The number of benzene rings is 1. The molecule has 60 valence electrons. The summed E-state index contributed by atoms with van der Waals surface area (Å²) in [6.45, 7) is 1.90. The summed E-state index contributed by atoms with van der Waals surface area (Å²) in [6, 6.07) is 9.45. The molecule has 0 spiro atoms. The lowest BCUT2D eigenvalue weighted by Crippen LogP contribution is -2.15. The van der Waals surface area contributed by atoms with Crippen molar-refractivity contribution in [3.63, 3.8) is 0 Å². The zero-order valence-electron chi connectivity index (χ0n) is 6.49. The predicted molar refractivity (Wildman–Crippen MR) is 49.6 cm³/mol. The third-order valence-corrected chi connectivity index (χ3v) is 2.30. The van der Waals surface area contributed by atoms with E-state index in [2.05, 4.69) is 12.6 Å². The van der Waals surface area contributed by atoms with Gasteiger partial charge in [0.15, 0.2) is 0 Å². The molecule has 0 aliphatic rings. The molecule has 0 amide bonds. The van der Waals surface area contributed by atoms with Crippen molar-refractivity contribution in [3.05, 3.63) is 35.9 Å². The van der Waals surface area contributed by atoms with E-state index in [1.165, 1.54) is 0 Å². The van der Waals surface area contributed by atoms with Crippen molar-refractivity contribution in [2.45, 2.75) is 18.3 Å². The minimum absolute atomic E-state index is 0.611. The summed E-state index contributed by atoms with van der Waals surface area (Å²) in [5, 5.41) is 9.66.